The highest BCUT2D eigenvalue weighted by Gasteiger charge is 2.48. The lowest BCUT2D eigenvalue weighted by Gasteiger charge is -2.36. The summed E-state index contributed by atoms with van der Waals surface area (Å²) in [5.41, 5.74) is 0.282. The Morgan fingerprint density at radius 3 is 2.36 bits per heavy atom. The van der Waals surface area contributed by atoms with E-state index in [0.717, 1.165) is 17.6 Å². The average molecular weight is 352 g/mol. The topological polar surface area (TPSA) is 115 Å². The van der Waals surface area contributed by atoms with E-state index in [1.54, 1.807) is 6.08 Å². The summed E-state index contributed by atoms with van der Waals surface area (Å²) in [5.74, 6) is -1.42. The molecule has 3 unspecified atom stereocenters. The molecule has 140 valence electrons. The lowest BCUT2D eigenvalue weighted by atomic mass is 9.78. The fraction of sp³-hybridized carbons (Fsp3) is 0.579. The van der Waals surface area contributed by atoms with E-state index in [0.29, 0.717) is 18.4 Å². The van der Waals surface area contributed by atoms with E-state index in [-0.39, 0.29) is 12.8 Å². The molecule has 1 aliphatic carbocycles. The fourth-order valence-corrected chi connectivity index (χ4v) is 2.68. The van der Waals surface area contributed by atoms with Crippen LogP contribution in [0.5, 0.6) is 0 Å². The van der Waals surface area contributed by atoms with E-state index in [1.807, 2.05) is 19.9 Å². The number of hydrogen-bond donors (Lipinski definition) is 4. The van der Waals surface area contributed by atoms with Crippen molar-refractivity contribution in [2.24, 2.45) is 0 Å². The molecule has 0 aromatic heterocycles. The zero-order chi connectivity index (χ0) is 19.2. The highest BCUT2D eigenvalue weighted by Crippen LogP contribution is 2.29. The standard InChI is InChI=1S/C19H28O6/c1-12(7-8-16(21)22)5-4-6-13(2)9-10-19(25)15(20)11-14(3)17(23)18(19)24/h5,9,11,17-18,23-25H,4,6-8,10H2,1-3H3,(H,21,22). The van der Waals surface area contributed by atoms with Gasteiger partial charge in [0, 0.05) is 12.8 Å². The largest absolute Gasteiger partial charge is 0.481 e. The molecule has 4 N–H and O–H groups in total. The monoisotopic (exact) mass is 352 g/mol. The molecular formula is C19H28O6. The zero-order valence-corrected chi connectivity index (χ0v) is 15.0. The van der Waals surface area contributed by atoms with Gasteiger partial charge in [0.25, 0.3) is 0 Å². The molecule has 1 rings (SSSR count). The number of rotatable bonds is 8. The molecule has 0 fully saturated rings. The predicted octanol–water partition coefficient (Wildman–Crippen LogP) is 1.90. The molecule has 0 saturated carbocycles. The molecule has 0 amide bonds. The number of hydrogen-bond acceptors (Lipinski definition) is 5. The SMILES string of the molecule is CC(=CCC1(O)C(=O)C=C(C)C(O)C1O)CCC=C(C)CCC(=O)O. The summed E-state index contributed by atoms with van der Waals surface area (Å²) in [5, 5.41) is 39.0. The summed E-state index contributed by atoms with van der Waals surface area (Å²) >= 11 is 0. The number of aliphatic hydroxyl groups excluding tert-OH is 2. The van der Waals surface area contributed by atoms with Crippen molar-refractivity contribution in [2.75, 3.05) is 0 Å². The molecule has 0 heterocycles. The van der Waals surface area contributed by atoms with Gasteiger partial charge in [0.1, 0.15) is 12.2 Å². The Morgan fingerprint density at radius 1 is 1.16 bits per heavy atom. The Balaban J connectivity index is 2.61. The van der Waals surface area contributed by atoms with E-state index >= 15 is 0 Å². The molecule has 0 aromatic rings. The van der Waals surface area contributed by atoms with Crippen LogP contribution in [0, 0.1) is 0 Å². The van der Waals surface area contributed by atoms with Gasteiger partial charge >= 0.3 is 5.97 Å². The number of aliphatic carboxylic acids is 1. The number of carboxylic acid groups (broad SMARTS) is 1. The number of carbonyl (C=O) groups is 2. The fourth-order valence-electron chi connectivity index (χ4n) is 2.68. The van der Waals surface area contributed by atoms with E-state index in [2.05, 4.69) is 0 Å². The summed E-state index contributed by atoms with van der Waals surface area (Å²) in [7, 11) is 0. The number of ketones is 1. The summed E-state index contributed by atoms with van der Waals surface area (Å²) < 4.78 is 0. The van der Waals surface area contributed by atoms with Gasteiger partial charge in [-0.25, -0.2) is 0 Å². The van der Waals surface area contributed by atoms with Crippen LogP contribution < -0.4 is 0 Å². The Morgan fingerprint density at radius 2 is 1.76 bits per heavy atom. The second-order valence-corrected chi connectivity index (χ2v) is 6.80. The maximum atomic E-state index is 12.0. The Kier molecular flexibility index (Phi) is 7.73. The van der Waals surface area contributed by atoms with Gasteiger partial charge in [-0.15, -0.1) is 0 Å². The van der Waals surface area contributed by atoms with Gasteiger partial charge in [-0.2, -0.15) is 0 Å². The molecule has 0 bridgehead atoms. The van der Waals surface area contributed by atoms with Crippen molar-refractivity contribution in [1.29, 1.82) is 0 Å². The first-order chi connectivity index (χ1) is 11.6. The first-order valence-electron chi connectivity index (χ1n) is 8.42. The predicted molar refractivity (Wildman–Crippen MR) is 94.0 cm³/mol. The molecule has 25 heavy (non-hydrogen) atoms. The minimum atomic E-state index is -2.01. The van der Waals surface area contributed by atoms with Gasteiger partial charge in [0.15, 0.2) is 11.4 Å². The third kappa shape index (κ3) is 5.92. The average Bonchev–Trinajstić information content (AvgIpc) is 2.55. The number of aliphatic hydroxyl groups is 3. The second kappa shape index (κ2) is 9.08. The van der Waals surface area contributed by atoms with Crippen LogP contribution in [0.4, 0.5) is 0 Å². The Bertz CT molecular complexity index is 601. The first-order valence-corrected chi connectivity index (χ1v) is 8.42. The van der Waals surface area contributed by atoms with Gasteiger partial charge < -0.3 is 20.4 Å². The van der Waals surface area contributed by atoms with Crippen molar-refractivity contribution in [2.45, 2.75) is 70.7 Å². The maximum Gasteiger partial charge on any atom is 0.303 e. The number of carboxylic acids is 1. The minimum absolute atomic E-state index is 0.0681. The van der Waals surface area contributed by atoms with Crippen LogP contribution in [0.2, 0.25) is 0 Å². The lowest BCUT2D eigenvalue weighted by molar-refractivity contribution is -0.157. The van der Waals surface area contributed by atoms with Crippen LogP contribution in [0.25, 0.3) is 0 Å². The third-order valence-electron chi connectivity index (χ3n) is 4.57. The minimum Gasteiger partial charge on any atom is -0.481 e. The van der Waals surface area contributed by atoms with Crippen molar-refractivity contribution in [1.82, 2.24) is 0 Å². The molecule has 1 aliphatic rings. The van der Waals surface area contributed by atoms with Crippen molar-refractivity contribution < 1.29 is 30.0 Å². The molecule has 0 radical (unpaired) electrons. The first kappa shape index (κ1) is 21.3. The van der Waals surface area contributed by atoms with Crippen LogP contribution in [-0.2, 0) is 9.59 Å². The molecular weight excluding hydrogens is 324 g/mol. The van der Waals surface area contributed by atoms with Crippen molar-refractivity contribution in [3.63, 3.8) is 0 Å². The quantitative estimate of drug-likeness (QED) is 0.496. The number of allylic oxidation sites excluding steroid dienone is 3. The molecule has 6 heteroatoms. The van der Waals surface area contributed by atoms with Gasteiger partial charge in [-0.05, 0) is 51.7 Å². The van der Waals surface area contributed by atoms with Gasteiger partial charge in [0.05, 0.1) is 0 Å². The molecule has 6 nitrogen and oxygen atoms in total. The van der Waals surface area contributed by atoms with Crippen LogP contribution in [0.15, 0.2) is 34.9 Å². The molecule has 0 saturated heterocycles. The summed E-state index contributed by atoms with van der Waals surface area (Å²) in [6.07, 6.45) is 4.03. The highest BCUT2D eigenvalue weighted by molar-refractivity contribution is 5.99. The number of carbonyl (C=O) groups excluding carboxylic acids is 1. The third-order valence-corrected chi connectivity index (χ3v) is 4.57. The Labute approximate surface area is 148 Å². The molecule has 0 spiro atoms. The van der Waals surface area contributed by atoms with Crippen LogP contribution >= 0.6 is 0 Å². The molecule has 0 aromatic carbocycles. The van der Waals surface area contributed by atoms with E-state index in [4.69, 9.17) is 5.11 Å². The highest BCUT2D eigenvalue weighted by atomic mass is 16.4. The van der Waals surface area contributed by atoms with Crippen LogP contribution in [-0.4, -0.2) is 50.0 Å². The lowest BCUT2D eigenvalue weighted by Crippen LogP contribution is -2.57. The smallest absolute Gasteiger partial charge is 0.303 e. The van der Waals surface area contributed by atoms with Crippen molar-refractivity contribution >= 4 is 11.8 Å². The molecule has 0 aliphatic heterocycles. The van der Waals surface area contributed by atoms with Crippen molar-refractivity contribution in [3.05, 3.63) is 34.9 Å². The second-order valence-electron chi connectivity index (χ2n) is 6.80. The van der Waals surface area contributed by atoms with E-state index in [1.165, 1.54) is 13.0 Å². The van der Waals surface area contributed by atoms with Crippen molar-refractivity contribution in [3.8, 4) is 0 Å². The summed E-state index contributed by atoms with van der Waals surface area (Å²) in [6, 6.07) is 0. The van der Waals surface area contributed by atoms with E-state index in [9.17, 15) is 24.9 Å². The normalized spacial score (nSPS) is 28.1. The summed E-state index contributed by atoms with van der Waals surface area (Å²) in [4.78, 5) is 22.6. The zero-order valence-electron chi connectivity index (χ0n) is 15.0. The van der Waals surface area contributed by atoms with Gasteiger partial charge in [-0.3, -0.25) is 9.59 Å². The van der Waals surface area contributed by atoms with Gasteiger partial charge in [-0.1, -0.05) is 23.3 Å². The van der Waals surface area contributed by atoms with E-state index < -0.39 is 29.6 Å². The maximum absolute atomic E-state index is 12.0. The summed E-state index contributed by atoms with van der Waals surface area (Å²) in [6.45, 7) is 5.28. The van der Waals surface area contributed by atoms with Gasteiger partial charge in [0.2, 0.25) is 0 Å². The Hall–Kier alpha value is -1.76. The van der Waals surface area contributed by atoms with Crippen LogP contribution in [0.1, 0.15) is 52.9 Å². The van der Waals surface area contributed by atoms with Crippen LogP contribution in [0.3, 0.4) is 0 Å². The molecule has 3 atom stereocenters.